The first kappa shape index (κ1) is 26.3. The minimum atomic E-state index is -2.19. The van der Waals surface area contributed by atoms with Gasteiger partial charge in [-0.1, -0.05) is 41.5 Å². The van der Waals surface area contributed by atoms with E-state index in [1.54, 1.807) is 0 Å². The normalized spacial score (nSPS) is 13.6. The number of carbonyl (C=O) groups excluding carboxylic acids is 1. The number of nitrogens with two attached hydrogens (primary N) is 2. The van der Waals surface area contributed by atoms with Gasteiger partial charge in [-0.15, -0.1) is 0 Å². The number of anilines is 1. The Kier molecular flexibility index (Phi) is 6.52. The summed E-state index contributed by atoms with van der Waals surface area (Å²) in [6.07, 6.45) is 2.04. The number of amides is 1. The van der Waals surface area contributed by atoms with Crippen molar-refractivity contribution in [3.8, 4) is 11.4 Å². The van der Waals surface area contributed by atoms with E-state index in [-0.39, 0.29) is 0 Å². The fourth-order valence-corrected chi connectivity index (χ4v) is 12.0. The molecule has 0 unspecified atom stereocenters. The number of primary amides is 1. The van der Waals surface area contributed by atoms with Crippen LogP contribution in [0.1, 0.15) is 85.4 Å². The zero-order chi connectivity index (χ0) is 26.9. The van der Waals surface area contributed by atoms with Crippen LogP contribution in [0.25, 0.3) is 16.7 Å². The molecule has 0 saturated heterocycles. The monoisotopic (exact) mass is 506 g/mol. The molecular formula is C29H42N4O2Si. The summed E-state index contributed by atoms with van der Waals surface area (Å²) in [6.45, 7) is 22.1. The van der Waals surface area contributed by atoms with E-state index in [0.717, 1.165) is 41.1 Å². The highest BCUT2D eigenvalue weighted by atomic mass is 28.4. The molecule has 0 spiro atoms. The molecule has 4 rings (SSSR count). The van der Waals surface area contributed by atoms with E-state index in [2.05, 4.69) is 55.4 Å². The summed E-state index contributed by atoms with van der Waals surface area (Å²) in [5, 5.41) is 0.697. The zero-order valence-electron chi connectivity index (χ0n) is 23.6. The minimum Gasteiger partial charge on any atom is -0.542 e. The molecule has 194 valence electrons. The van der Waals surface area contributed by atoms with Crippen molar-refractivity contribution in [3.05, 3.63) is 45.1 Å². The zero-order valence-corrected chi connectivity index (χ0v) is 24.6. The van der Waals surface area contributed by atoms with Crippen molar-refractivity contribution in [2.75, 3.05) is 5.73 Å². The topological polar surface area (TPSA) is 96.2 Å². The number of aromatic nitrogens is 2. The van der Waals surface area contributed by atoms with Crippen LogP contribution in [0.4, 0.5) is 5.82 Å². The maximum atomic E-state index is 12.5. The summed E-state index contributed by atoms with van der Waals surface area (Å²) in [6, 6.07) is 1.97. The van der Waals surface area contributed by atoms with Gasteiger partial charge in [-0.05, 0) is 85.5 Å². The molecule has 6 nitrogen and oxygen atoms in total. The Balaban J connectivity index is 2.09. The van der Waals surface area contributed by atoms with Crippen LogP contribution in [0.2, 0.25) is 16.6 Å². The van der Waals surface area contributed by atoms with Crippen molar-refractivity contribution in [1.29, 1.82) is 0 Å². The first-order valence-corrected chi connectivity index (χ1v) is 15.3. The highest BCUT2D eigenvalue weighted by Crippen LogP contribution is 2.49. The number of hydrogen-bond donors (Lipinski definition) is 2. The highest BCUT2D eigenvalue weighted by Gasteiger charge is 2.48. The molecule has 1 aliphatic rings. The third kappa shape index (κ3) is 3.58. The molecule has 7 heteroatoms. The summed E-state index contributed by atoms with van der Waals surface area (Å²) < 4.78 is 9.26. The first-order valence-electron chi connectivity index (χ1n) is 13.2. The summed E-state index contributed by atoms with van der Waals surface area (Å²) in [4.78, 5) is 17.4. The van der Waals surface area contributed by atoms with Crippen molar-refractivity contribution in [2.45, 2.75) is 98.7 Å². The summed E-state index contributed by atoms with van der Waals surface area (Å²) in [5.74, 6) is 0.819. The lowest BCUT2D eigenvalue weighted by Crippen LogP contribution is -2.51. The molecule has 0 saturated carbocycles. The van der Waals surface area contributed by atoms with Gasteiger partial charge in [0.15, 0.2) is 0 Å². The van der Waals surface area contributed by atoms with Gasteiger partial charge in [0.05, 0.1) is 11.3 Å². The predicted octanol–water partition coefficient (Wildman–Crippen LogP) is 6.59. The Morgan fingerprint density at radius 3 is 2.00 bits per heavy atom. The lowest BCUT2D eigenvalue weighted by molar-refractivity contribution is 0.100. The molecule has 2 heterocycles. The molecule has 0 fully saturated rings. The van der Waals surface area contributed by atoms with E-state index < -0.39 is 14.2 Å². The van der Waals surface area contributed by atoms with Crippen molar-refractivity contribution in [2.24, 2.45) is 5.73 Å². The van der Waals surface area contributed by atoms with Crippen LogP contribution in [0.5, 0.6) is 5.75 Å². The van der Waals surface area contributed by atoms with E-state index >= 15 is 0 Å². The van der Waals surface area contributed by atoms with Gasteiger partial charge in [-0.25, -0.2) is 4.98 Å². The van der Waals surface area contributed by atoms with Gasteiger partial charge in [0.25, 0.3) is 14.2 Å². The number of nitrogen functional groups attached to an aromatic ring is 1. The van der Waals surface area contributed by atoms with E-state index in [4.69, 9.17) is 20.9 Å². The Hall–Kier alpha value is -2.80. The fourth-order valence-electron chi connectivity index (χ4n) is 6.70. The maximum absolute atomic E-state index is 12.5. The molecule has 36 heavy (non-hydrogen) atoms. The number of aryl methyl sites for hydroxylation is 2. The minimum absolute atomic E-state index is 0.333. The second-order valence-electron chi connectivity index (χ2n) is 11.5. The highest BCUT2D eigenvalue weighted by molar-refractivity contribution is 6.78. The van der Waals surface area contributed by atoms with Crippen LogP contribution >= 0.6 is 0 Å². The smallest absolute Gasteiger partial charge is 0.258 e. The van der Waals surface area contributed by atoms with Crippen LogP contribution in [0.3, 0.4) is 0 Å². The lowest BCUT2D eigenvalue weighted by atomic mass is 9.81. The van der Waals surface area contributed by atoms with Gasteiger partial charge < -0.3 is 15.9 Å². The number of hydrogen-bond acceptors (Lipinski definition) is 4. The van der Waals surface area contributed by atoms with Gasteiger partial charge in [0, 0.05) is 16.6 Å². The number of rotatable bonds is 7. The van der Waals surface area contributed by atoms with Crippen molar-refractivity contribution < 1.29 is 9.22 Å². The summed E-state index contributed by atoms with van der Waals surface area (Å²) in [7, 11) is -2.19. The van der Waals surface area contributed by atoms with Gasteiger partial charge in [0.1, 0.15) is 17.2 Å². The molecular weight excluding hydrogens is 464 g/mol. The van der Waals surface area contributed by atoms with Crippen LogP contribution in [0, 0.1) is 27.7 Å². The largest absolute Gasteiger partial charge is 0.542 e. The molecule has 0 radical (unpaired) electrons. The van der Waals surface area contributed by atoms with Gasteiger partial charge in [-0.2, -0.15) is 0 Å². The second kappa shape index (κ2) is 8.94. The van der Waals surface area contributed by atoms with E-state index in [1.807, 2.05) is 24.5 Å². The standard InChI is InChI=1S/C29H42N4O2Si/c1-14(2)36(15(3)4,16(5)6)35-26-19(9)25(18(8)21-11-12-22(21)26)33-27(30)24(28(31)34)23-13-17(7)20(10)32-29(23)33/h13-16H,11-12,30H2,1-10H3,(H2,31,34). The quantitative estimate of drug-likeness (QED) is 0.353. The number of nitrogens with zero attached hydrogens (tertiary/aromatic N) is 2. The predicted molar refractivity (Wildman–Crippen MR) is 152 cm³/mol. The average molecular weight is 507 g/mol. The van der Waals surface area contributed by atoms with E-state index in [1.165, 1.54) is 16.7 Å². The second-order valence-corrected chi connectivity index (χ2v) is 16.9. The molecule has 3 aromatic rings. The SMILES string of the molecule is Cc1cc2c(C(N)=O)c(N)n(-c3c(C)c4c(c(O[Si](C(C)C)(C(C)C)C(C)C)c3C)CC4)c2nc1C. The van der Waals surface area contributed by atoms with Crippen LogP contribution in [-0.2, 0) is 12.8 Å². The molecule has 1 aromatic carbocycles. The lowest BCUT2D eigenvalue weighted by Gasteiger charge is -2.44. The number of fused-ring (bicyclic) bond motifs is 2. The van der Waals surface area contributed by atoms with E-state index in [0.29, 0.717) is 39.0 Å². The number of carbonyl (C=O) groups is 1. The van der Waals surface area contributed by atoms with Crippen LogP contribution in [-0.4, -0.2) is 23.8 Å². The molecule has 1 aliphatic carbocycles. The number of pyridine rings is 1. The van der Waals surface area contributed by atoms with Gasteiger partial charge in [-0.3, -0.25) is 9.36 Å². The Bertz CT molecular complexity index is 1360. The van der Waals surface area contributed by atoms with Gasteiger partial charge in [0.2, 0.25) is 0 Å². The van der Waals surface area contributed by atoms with Crippen molar-refractivity contribution >= 4 is 31.1 Å². The molecule has 0 aliphatic heterocycles. The molecule has 1 amide bonds. The maximum Gasteiger partial charge on any atom is 0.258 e. The third-order valence-electron chi connectivity index (χ3n) is 8.65. The van der Waals surface area contributed by atoms with Crippen molar-refractivity contribution in [3.63, 3.8) is 0 Å². The molecule has 0 bridgehead atoms. The van der Waals surface area contributed by atoms with Crippen LogP contribution in [0.15, 0.2) is 6.07 Å². The molecule has 0 atom stereocenters. The van der Waals surface area contributed by atoms with E-state index in [9.17, 15) is 4.79 Å². The summed E-state index contributed by atoms with van der Waals surface area (Å²) in [5.41, 5.74) is 22.7. The molecule has 2 aromatic heterocycles. The van der Waals surface area contributed by atoms with Crippen LogP contribution < -0.4 is 15.9 Å². The third-order valence-corrected chi connectivity index (χ3v) is 14.6. The summed E-state index contributed by atoms with van der Waals surface area (Å²) >= 11 is 0. The van der Waals surface area contributed by atoms with Crippen molar-refractivity contribution in [1.82, 2.24) is 9.55 Å². The first-order chi connectivity index (χ1) is 16.7. The fraction of sp³-hybridized carbons (Fsp3) is 0.517. The average Bonchev–Trinajstić information content (AvgIpc) is 3.00. The Morgan fingerprint density at radius 2 is 1.53 bits per heavy atom. The molecule has 4 N–H and O–H groups in total. The number of benzene rings is 1. The van der Waals surface area contributed by atoms with Gasteiger partial charge >= 0.3 is 0 Å². The Labute approximate surface area is 216 Å². The Morgan fingerprint density at radius 1 is 0.972 bits per heavy atom.